The molecule has 0 bridgehead atoms. The van der Waals surface area contributed by atoms with Crippen LogP contribution in [0.25, 0.3) is 0 Å². The van der Waals surface area contributed by atoms with E-state index >= 15 is 0 Å². The summed E-state index contributed by atoms with van der Waals surface area (Å²) in [4.78, 5) is 11.6. The van der Waals surface area contributed by atoms with Gasteiger partial charge in [-0.3, -0.25) is 4.79 Å². The molecule has 0 spiro atoms. The van der Waals surface area contributed by atoms with Crippen LogP contribution in [0.15, 0.2) is 0 Å². The highest BCUT2D eigenvalue weighted by Gasteiger charge is 2.45. The average molecular weight is 281 g/mol. The van der Waals surface area contributed by atoms with Crippen LogP contribution in [0, 0.1) is 0 Å². The molecule has 0 amide bonds. The van der Waals surface area contributed by atoms with Crippen molar-refractivity contribution in [2.75, 3.05) is 0 Å². The van der Waals surface area contributed by atoms with Gasteiger partial charge in [-0.05, 0) is 34.1 Å². The van der Waals surface area contributed by atoms with Gasteiger partial charge in [0.1, 0.15) is 0 Å². The fourth-order valence-corrected chi connectivity index (χ4v) is 2.20. The van der Waals surface area contributed by atoms with E-state index in [0.717, 1.165) is 12.8 Å². The molecule has 1 rings (SSSR count). The van der Waals surface area contributed by atoms with Crippen LogP contribution in [-0.2, 0) is 4.79 Å². The SMILES string of the molecule is CC1(C)CCC(=O)C(C)(C)N1I. The molecule has 1 aliphatic rings. The predicted octanol–water partition coefficient (Wildman–Crippen LogP) is 2.56. The molecule has 0 aromatic heterocycles. The van der Waals surface area contributed by atoms with Crippen LogP contribution < -0.4 is 0 Å². The highest BCUT2D eigenvalue weighted by molar-refractivity contribution is 14.1. The van der Waals surface area contributed by atoms with Crippen molar-refractivity contribution >= 4 is 28.6 Å². The zero-order valence-electron chi connectivity index (χ0n) is 8.15. The quantitative estimate of drug-likeness (QED) is 0.502. The molecular weight excluding hydrogens is 265 g/mol. The minimum Gasteiger partial charge on any atom is -0.298 e. The van der Waals surface area contributed by atoms with Gasteiger partial charge in [0.2, 0.25) is 0 Å². The highest BCUT2D eigenvalue weighted by Crippen LogP contribution is 2.38. The van der Waals surface area contributed by atoms with E-state index in [0.29, 0.717) is 5.78 Å². The standard InChI is InChI=1S/C9H16INO/c1-8(2)6-5-7(12)9(3,4)11(8)10/h5-6H2,1-4H3. The van der Waals surface area contributed by atoms with Crippen molar-refractivity contribution in [2.45, 2.75) is 51.6 Å². The van der Waals surface area contributed by atoms with Gasteiger partial charge in [0, 0.05) is 34.8 Å². The fraction of sp³-hybridized carbons (Fsp3) is 0.889. The van der Waals surface area contributed by atoms with Crippen molar-refractivity contribution in [2.24, 2.45) is 0 Å². The molecule has 0 atom stereocenters. The largest absolute Gasteiger partial charge is 0.298 e. The lowest BCUT2D eigenvalue weighted by Crippen LogP contribution is -2.57. The first-order valence-electron chi connectivity index (χ1n) is 4.28. The molecular formula is C9H16INO. The molecule has 0 aromatic carbocycles. The summed E-state index contributed by atoms with van der Waals surface area (Å²) in [6.07, 6.45) is 1.69. The van der Waals surface area contributed by atoms with Gasteiger partial charge in [-0.1, -0.05) is 0 Å². The van der Waals surface area contributed by atoms with Crippen molar-refractivity contribution in [3.05, 3.63) is 0 Å². The van der Waals surface area contributed by atoms with Crippen LogP contribution in [-0.4, -0.2) is 20.0 Å². The summed E-state index contributed by atoms with van der Waals surface area (Å²) in [5.41, 5.74) is -0.139. The Labute approximate surface area is 88.2 Å². The van der Waals surface area contributed by atoms with E-state index in [1.54, 1.807) is 0 Å². The molecule has 2 nitrogen and oxygen atoms in total. The first kappa shape index (κ1) is 10.4. The summed E-state index contributed by atoms with van der Waals surface area (Å²) in [6.45, 7) is 8.38. The summed E-state index contributed by atoms with van der Waals surface area (Å²) in [7, 11) is 0. The first-order chi connectivity index (χ1) is 5.28. The van der Waals surface area contributed by atoms with Crippen molar-refractivity contribution in [1.82, 2.24) is 3.11 Å². The Hall–Kier alpha value is 0.360. The Bertz CT molecular complexity index is 211. The molecule has 1 saturated heterocycles. The van der Waals surface area contributed by atoms with Gasteiger partial charge in [0.15, 0.2) is 5.78 Å². The predicted molar refractivity (Wildman–Crippen MR) is 58.3 cm³/mol. The third-order valence-electron chi connectivity index (χ3n) is 2.67. The number of carbonyl (C=O) groups excluding carboxylic acids is 1. The van der Waals surface area contributed by atoms with E-state index in [4.69, 9.17) is 0 Å². The number of piperidine rings is 1. The second kappa shape index (κ2) is 2.94. The molecule has 0 aromatic rings. The zero-order chi connectivity index (χ0) is 9.57. The van der Waals surface area contributed by atoms with Crippen LogP contribution in [0.4, 0.5) is 0 Å². The highest BCUT2D eigenvalue weighted by atomic mass is 127. The fourth-order valence-electron chi connectivity index (χ4n) is 1.69. The van der Waals surface area contributed by atoms with Crippen LogP contribution >= 0.6 is 22.9 Å². The van der Waals surface area contributed by atoms with Crippen molar-refractivity contribution in [3.8, 4) is 0 Å². The molecule has 0 unspecified atom stereocenters. The summed E-state index contributed by atoms with van der Waals surface area (Å²) in [5, 5.41) is 0. The molecule has 1 fully saturated rings. The van der Waals surface area contributed by atoms with Gasteiger partial charge in [0.25, 0.3) is 0 Å². The van der Waals surface area contributed by atoms with E-state index in [9.17, 15) is 4.79 Å². The molecule has 1 aliphatic heterocycles. The number of nitrogens with zero attached hydrogens (tertiary/aromatic N) is 1. The molecule has 1 heterocycles. The third kappa shape index (κ3) is 1.53. The van der Waals surface area contributed by atoms with Gasteiger partial charge < -0.3 is 0 Å². The smallest absolute Gasteiger partial charge is 0.153 e. The normalized spacial score (nSPS) is 28.9. The molecule has 0 saturated carbocycles. The van der Waals surface area contributed by atoms with Gasteiger partial charge >= 0.3 is 0 Å². The second-order valence-electron chi connectivity index (χ2n) is 4.58. The summed E-state index contributed by atoms with van der Waals surface area (Å²) in [5.74, 6) is 0.358. The minimum atomic E-state index is -0.289. The molecule has 70 valence electrons. The molecule has 3 heteroatoms. The van der Waals surface area contributed by atoms with Gasteiger partial charge in [-0.25, -0.2) is 3.11 Å². The van der Waals surface area contributed by atoms with E-state index in [1.165, 1.54) is 0 Å². The minimum absolute atomic E-state index is 0.151. The Morgan fingerprint density at radius 3 is 2.25 bits per heavy atom. The topological polar surface area (TPSA) is 20.3 Å². The van der Waals surface area contributed by atoms with E-state index in [-0.39, 0.29) is 11.1 Å². The number of carbonyl (C=O) groups is 1. The lowest BCUT2D eigenvalue weighted by atomic mass is 9.82. The lowest BCUT2D eigenvalue weighted by molar-refractivity contribution is -0.132. The van der Waals surface area contributed by atoms with Crippen LogP contribution in [0.2, 0.25) is 0 Å². The number of Topliss-reactive ketones (excluding diaryl/α,β-unsaturated/α-hetero) is 1. The number of rotatable bonds is 0. The van der Waals surface area contributed by atoms with Gasteiger partial charge in [-0.2, -0.15) is 0 Å². The molecule has 12 heavy (non-hydrogen) atoms. The zero-order valence-corrected chi connectivity index (χ0v) is 10.3. The Balaban J connectivity index is 2.93. The third-order valence-corrected chi connectivity index (χ3v) is 5.18. The van der Waals surface area contributed by atoms with Crippen molar-refractivity contribution < 1.29 is 4.79 Å². The van der Waals surface area contributed by atoms with E-state index in [2.05, 4.69) is 39.8 Å². The summed E-state index contributed by atoms with van der Waals surface area (Å²) < 4.78 is 2.16. The van der Waals surface area contributed by atoms with Crippen LogP contribution in [0.1, 0.15) is 40.5 Å². The maximum atomic E-state index is 11.6. The number of ketones is 1. The molecule has 0 radical (unpaired) electrons. The van der Waals surface area contributed by atoms with E-state index < -0.39 is 0 Å². The van der Waals surface area contributed by atoms with Crippen LogP contribution in [0.5, 0.6) is 0 Å². The monoisotopic (exact) mass is 281 g/mol. The second-order valence-corrected chi connectivity index (χ2v) is 5.54. The number of hydrogen-bond acceptors (Lipinski definition) is 2. The maximum absolute atomic E-state index is 11.6. The Morgan fingerprint density at radius 2 is 1.83 bits per heavy atom. The summed E-state index contributed by atoms with van der Waals surface area (Å²) >= 11 is 2.27. The number of hydrogen-bond donors (Lipinski definition) is 0. The van der Waals surface area contributed by atoms with Crippen molar-refractivity contribution in [1.29, 1.82) is 0 Å². The van der Waals surface area contributed by atoms with Crippen molar-refractivity contribution in [3.63, 3.8) is 0 Å². The lowest BCUT2D eigenvalue weighted by Gasteiger charge is -2.47. The molecule has 0 aliphatic carbocycles. The van der Waals surface area contributed by atoms with E-state index in [1.807, 2.05) is 13.8 Å². The van der Waals surface area contributed by atoms with Crippen LogP contribution in [0.3, 0.4) is 0 Å². The Kier molecular flexibility index (Phi) is 2.56. The average Bonchev–Trinajstić information content (AvgIpc) is 1.96. The molecule has 0 N–H and O–H groups in total. The summed E-state index contributed by atoms with van der Waals surface area (Å²) in [6, 6.07) is 0. The Morgan fingerprint density at radius 1 is 1.33 bits per heavy atom. The van der Waals surface area contributed by atoms with Gasteiger partial charge in [-0.15, -0.1) is 0 Å². The van der Waals surface area contributed by atoms with Gasteiger partial charge in [0.05, 0.1) is 5.54 Å². The maximum Gasteiger partial charge on any atom is 0.153 e. The number of halogens is 1. The first-order valence-corrected chi connectivity index (χ1v) is 5.24.